The molecule has 1 rings (SSSR count). The number of nitrogens with one attached hydrogen (secondary N) is 1. The quantitative estimate of drug-likeness (QED) is 0.784. The Bertz CT molecular complexity index is 361. The van der Waals surface area contributed by atoms with Gasteiger partial charge < -0.3 is 4.74 Å². The average Bonchev–Trinajstić information content (AvgIpc) is 2.33. The first-order valence-electron chi connectivity index (χ1n) is 5.00. The van der Waals surface area contributed by atoms with Crippen molar-refractivity contribution < 1.29 is 13.9 Å². The van der Waals surface area contributed by atoms with Gasteiger partial charge in [0.1, 0.15) is 5.82 Å². The van der Waals surface area contributed by atoms with Crippen LogP contribution >= 0.6 is 0 Å². The lowest BCUT2D eigenvalue weighted by Gasteiger charge is -2.28. The van der Waals surface area contributed by atoms with E-state index in [1.54, 1.807) is 7.05 Å². The molecule has 5 heteroatoms. The molecule has 0 amide bonds. The number of nitrogens with zero attached hydrogens (tertiary/aromatic N) is 1. The monoisotopic (exact) mass is 226 g/mol. The fourth-order valence-electron chi connectivity index (χ4n) is 1.64. The molecule has 0 aliphatic carbocycles. The van der Waals surface area contributed by atoms with E-state index in [2.05, 4.69) is 10.3 Å². The van der Waals surface area contributed by atoms with Gasteiger partial charge in [0.2, 0.25) is 0 Å². The van der Waals surface area contributed by atoms with Gasteiger partial charge in [-0.25, -0.2) is 9.18 Å². The highest BCUT2D eigenvalue weighted by molar-refractivity contribution is 5.81. The third kappa shape index (κ3) is 2.04. The van der Waals surface area contributed by atoms with Crippen molar-refractivity contribution in [2.24, 2.45) is 0 Å². The molecular weight excluding hydrogens is 211 g/mol. The molecule has 0 saturated heterocycles. The number of ether oxygens (including phenoxy) is 1. The number of carbonyl (C=O) groups is 1. The molecule has 0 aromatic carbocycles. The summed E-state index contributed by atoms with van der Waals surface area (Å²) in [7, 11) is 2.96. The third-order valence-electron chi connectivity index (χ3n) is 2.66. The zero-order valence-electron chi connectivity index (χ0n) is 9.58. The highest BCUT2D eigenvalue weighted by Crippen LogP contribution is 2.24. The first-order chi connectivity index (χ1) is 7.60. The second kappa shape index (κ2) is 5.03. The number of likely N-dealkylation sites (N-methyl/N-ethyl adjacent to an activating group) is 1. The summed E-state index contributed by atoms with van der Waals surface area (Å²) >= 11 is 0. The Morgan fingerprint density at radius 2 is 2.31 bits per heavy atom. The topological polar surface area (TPSA) is 51.2 Å². The van der Waals surface area contributed by atoms with Gasteiger partial charge in [-0.3, -0.25) is 10.3 Å². The average molecular weight is 226 g/mol. The number of esters is 1. The van der Waals surface area contributed by atoms with Crippen molar-refractivity contribution in [3.8, 4) is 0 Å². The lowest BCUT2D eigenvalue weighted by Crippen LogP contribution is -2.48. The first-order valence-corrected chi connectivity index (χ1v) is 5.00. The Labute approximate surface area is 93.8 Å². The molecule has 0 bridgehead atoms. The maximum absolute atomic E-state index is 12.8. The third-order valence-corrected chi connectivity index (χ3v) is 2.66. The maximum atomic E-state index is 12.8. The number of hydrogen-bond donors (Lipinski definition) is 1. The minimum Gasteiger partial charge on any atom is -0.467 e. The van der Waals surface area contributed by atoms with Crippen LogP contribution in [-0.4, -0.2) is 25.1 Å². The molecule has 0 radical (unpaired) electrons. The van der Waals surface area contributed by atoms with Crippen LogP contribution in [0.1, 0.15) is 19.0 Å². The van der Waals surface area contributed by atoms with E-state index in [1.165, 1.54) is 19.2 Å². The van der Waals surface area contributed by atoms with Crippen LogP contribution in [0.4, 0.5) is 4.39 Å². The van der Waals surface area contributed by atoms with Gasteiger partial charge in [0.05, 0.1) is 19.0 Å². The summed E-state index contributed by atoms with van der Waals surface area (Å²) in [4.78, 5) is 15.7. The van der Waals surface area contributed by atoms with Gasteiger partial charge in [-0.1, -0.05) is 6.92 Å². The van der Waals surface area contributed by atoms with Gasteiger partial charge in [-0.05, 0) is 25.6 Å². The molecule has 1 aromatic rings. The van der Waals surface area contributed by atoms with Crippen LogP contribution in [0.15, 0.2) is 18.3 Å². The molecule has 0 aliphatic rings. The van der Waals surface area contributed by atoms with E-state index in [0.717, 1.165) is 6.20 Å². The smallest absolute Gasteiger partial charge is 0.332 e. The maximum Gasteiger partial charge on any atom is 0.332 e. The van der Waals surface area contributed by atoms with Gasteiger partial charge in [0, 0.05) is 0 Å². The van der Waals surface area contributed by atoms with Gasteiger partial charge in [-0.15, -0.1) is 0 Å². The lowest BCUT2D eigenvalue weighted by molar-refractivity contribution is -0.149. The van der Waals surface area contributed by atoms with E-state index in [-0.39, 0.29) is 0 Å². The van der Waals surface area contributed by atoms with E-state index in [4.69, 9.17) is 4.74 Å². The van der Waals surface area contributed by atoms with E-state index in [0.29, 0.717) is 12.1 Å². The zero-order chi connectivity index (χ0) is 12.2. The van der Waals surface area contributed by atoms with Crippen LogP contribution in [0.3, 0.4) is 0 Å². The number of methoxy groups -OCH3 is 1. The summed E-state index contributed by atoms with van der Waals surface area (Å²) in [6, 6.07) is 2.75. The van der Waals surface area contributed by atoms with E-state index in [9.17, 15) is 9.18 Å². The Balaban J connectivity index is 3.20. The van der Waals surface area contributed by atoms with E-state index < -0.39 is 17.3 Å². The van der Waals surface area contributed by atoms with Crippen molar-refractivity contribution in [3.63, 3.8) is 0 Å². The van der Waals surface area contributed by atoms with Gasteiger partial charge in [0.25, 0.3) is 0 Å². The summed E-state index contributed by atoms with van der Waals surface area (Å²) in [6.45, 7) is 1.83. The van der Waals surface area contributed by atoms with E-state index in [1.807, 2.05) is 6.92 Å². The summed E-state index contributed by atoms with van der Waals surface area (Å²) < 4.78 is 17.5. The minimum atomic E-state index is -1.01. The van der Waals surface area contributed by atoms with Crippen LogP contribution in [0.25, 0.3) is 0 Å². The molecule has 16 heavy (non-hydrogen) atoms. The highest BCUT2D eigenvalue weighted by Gasteiger charge is 2.39. The number of carbonyl (C=O) groups excluding carboxylic acids is 1. The van der Waals surface area contributed by atoms with Crippen molar-refractivity contribution in [3.05, 3.63) is 29.8 Å². The number of aromatic nitrogens is 1. The van der Waals surface area contributed by atoms with Crippen LogP contribution in [0, 0.1) is 5.82 Å². The molecule has 0 fully saturated rings. The summed E-state index contributed by atoms with van der Waals surface area (Å²) in [5, 5.41) is 2.89. The Morgan fingerprint density at radius 1 is 1.62 bits per heavy atom. The summed E-state index contributed by atoms with van der Waals surface area (Å²) in [5.74, 6) is -0.869. The predicted octanol–water partition coefficient (Wildman–Crippen LogP) is 1.22. The fraction of sp³-hybridized carbons (Fsp3) is 0.455. The first kappa shape index (κ1) is 12.6. The summed E-state index contributed by atoms with van der Waals surface area (Å²) in [5.41, 5.74) is -0.562. The number of pyridine rings is 1. The van der Waals surface area contributed by atoms with Crippen molar-refractivity contribution in [2.45, 2.75) is 18.9 Å². The number of rotatable bonds is 4. The van der Waals surface area contributed by atoms with E-state index >= 15 is 0 Å². The number of halogens is 1. The molecule has 1 N–H and O–H groups in total. The predicted molar refractivity (Wildman–Crippen MR) is 57.2 cm³/mol. The Kier molecular flexibility index (Phi) is 3.95. The zero-order valence-corrected chi connectivity index (χ0v) is 9.58. The van der Waals surface area contributed by atoms with Gasteiger partial charge in [0.15, 0.2) is 5.54 Å². The van der Waals surface area contributed by atoms with Crippen molar-refractivity contribution in [1.82, 2.24) is 10.3 Å². The highest BCUT2D eigenvalue weighted by atomic mass is 19.1. The second-order valence-electron chi connectivity index (χ2n) is 3.36. The van der Waals surface area contributed by atoms with Crippen molar-refractivity contribution in [1.29, 1.82) is 0 Å². The van der Waals surface area contributed by atoms with Gasteiger partial charge in [-0.2, -0.15) is 0 Å². The molecule has 0 spiro atoms. The standard InChI is InChI=1S/C11H15FN2O2/c1-4-11(13-2,10(15)16-3)9-6-5-8(12)7-14-9/h5-7,13H,4H2,1-3H3. The van der Waals surface area contributed by atoms with Crippen LogP contribution in [0.5, 0.6) is 0 Å². The van der Waals surface area contributed by atoms with Gasteiger partial charge >= 0.3 is 5.97 Å². The van der Waals surface area contributed by atoms with Crippen LogP contribution < -0.4 is 5.32 Å². The molecule has 1 aromatic heterocycles. The second-order valence-corrected chi connectivity index (χ2v) is 3.36. The molecule has 1 atom stereocenters. The molecule has 1 heterocycles. The Hall–Kier alpha value is -1.49. The van der Waals surface area contributed by atoms with Crippen molar-refractivity contribution in [2.75, 3.05) is 14.2 Å². The largest absolute Gasteiger partial charge is 0.467 e. The SMILES string of the molecule is CCC(NC)(C(=O)OC)c1ccc(F)cn1. The molecule has 1 unspecified atom stereocenters. The molecular formula is C11H15FN2O2. The fourth-order valence-corrected chi connectivity index (χ4v) is 1.64. The number of hydrogen-bond acceptors (Lipinski definition) is 4. The normalized spacial score (nSPS) is 14.2. The molecule has 0 aliphatic heterocycles. The Morgan fingerprint density at radius 3 is 2.69 bits per heavy atom. The molecule has 4 nitrogen and oxygen atoms in total. The lowest BCUT2D eigenvalue weighted by atomic mass is 9.91. The summed E-state index contributed by atoms with van der Waals surface area (Å²) in [6.07, 6.45) is 1.55. The van der Waals surface area contributed by atoms with Crippen LogP contribution in [0.2, 0.25) is 0 Å². The van der Waals surface area contributed by atoms with Crippen LogP contribution in [-0.2, 0) is 15.1 Å². The molecule has 88 valence electrons. The minimum absolute atomic E-state index is 0.434. The van der Waals surface area contributed by atoms with Crippen molar-refractivity contribution >= 4 is 5.97 Å². The molecule has 0 saturated carbocycles.